The predicted molar refractivity (Wildman–Crippen MR) is 122 cm³/mol. The number of ketones is 1. The minimum Gasteiger partial charge on any atom is -0.360 e. The molecular weight excluding hydrogens is 386 g/mol. The van der Waals surface area contributed by atoms with E-state index in [0.29, 0.717) is 22.4 Å². The molecule has 0 unspecified atom stereocenters. The maximum atomic E-state index is 13.0. The molecule has 1 amide bonds. The number of benzene rings is 3. The van der Waals surface area contributed by atoms with E-state index in [1.807, 2.05) is 49.4 Å². The third-order valence-electron chi connectivity index (χ3n) is 4.97. The predicted octanol–water partition coefficient (Wildman–Crippen LogP) is 5.52. The molecule has 5 nitrogen and oxygen atoms in total. The number of para-hydroxylation sites is 1. The summed E-state index contributed by atoms with van der Waals surface area (Å²) in [6, 6.07) is 23.8. The van der Waals surface area contributed by atoms with E-state index in [1.165, 1.54) is 6.08 Å². The summed E-state index contributed by atoms with van der Waals surface area (Å²) in [5, 5.41) is 13.2. The SMILES string of the molecule is Cc1ccc(C(=O)Nc2cccc(/C=C(\C#N)C(=O)c3c[nH]c4ccccc34)c2)cc1. The van der Waals surface area contributed by atoms with Gasteiger partial charge in [0.2, 0.25) is 5.78 Å². The van der Waals surface area contributed by atoms with Crippen LogP contribution in [-0.2, 0) is 0 Å². The zero-order valence-electron chi connectivity index (χ0n) is 16.8. The average molecular weight is 405 g/mol. The highest BCUT2D eigenvalue weighted by Gasteiger charge is 2.16. The Morgan fingerprint density at radius 3 is 2.55 bits per heavy atom. The van der Waals surface area contributed by atoms with Gasteiger partial charge in [-0.3, -0.25) is 9.59 Å². The molecular formula is C26H19N3O2. The maximum Gasteiger partial charge on any atom is 0.255 e. The van der Waals surface area contributed by atoms with Crippen LogP contribution in [0, 0.1) is 18.3 Å². The summed E-state index contributed by atoms with van der Waals surface area (Å²) in [5.41, 5.74) is 4.16. The average Bonchev–Trinajstić information content (AvgIpc) is 3.22. The molecule has 2 N–H and O–H groups in total. The van der Waals surface area contributed by atoms with Crippen molar-refractivity contribution >= 4 is 34.4 Å². The number of aromatic nitrogens is 1. The van der Waals surface area contributed by atoms with Crippen molar-refractivity contribution in [1.29, 1.82) is 5.26 Å². The van der Waals surface area contributed by atoms with E-state index < -0.39 is 0 Å². The molecule has 150 valence electrons. The second-order valence-electron chi connectivity index (χ2n) is 7.19. The molecule has 0 bridgehead atoms. The fourth-order valence-electron chi connectivity index (χ4n) is 3.33. The molecule has 31 heavy (non-hydrogen) atoms. The molecule has 0 aliphatic heterocycles. The van der Waals surface area contributed by atoms with Gasteiger partial charge >= 0.3 is 0 Å². The lowest BCUT2D eigenvalue weighted by Crippen LogP contribution is -2.11. The first-order chi connectivity index (χ1) is 15.0. The summed E-state index contributed by atoms with van der Waals surface area (Å²) in [5.74, 6) is -0.578. The van der Waals surface area contributed by atoms with Gasteiger partial charge in [0.05, 0.1) is 0 Å². The number of aromatic amines is 1. The number of hydrogen-bond donors (Lipinski definition) is 2. The van der Waals surface area contributed by atoms with Crippen LogP contribution in [0.2, 0.25) is 0 Å². The Hall–Kier alpha value is -4.43. The van der Waals surface area contributed by atoms with Crippen molar-refractivity contribution in [2.45, 2.75) is 6.92 Å². The molecule has 4 aromatic rings. The number of Topliss-reactive ketones (excluding diaryl/α,β-unsaturated/α-hetero) is 1. The fraction of sp³-hybridized carbons (Fsp3) is 0.0385. The quantitative estimate of drug-likeness (QED) is 0.260. The fourth-order valence-corrected chi connectivity index (χ4v) is 3.33. The summed E-state index contributed by atoms with van der Waals surface area (Å²) in [6.45, 7) is 1.96. The number of aryl methyl sites for hydroxylation is 1. The number of carbonyl (C=O) groups is 2. The van der Waals surface area contributed by atoms with Crippen LogP contribution in [0.1, 0.15) is 31.8 Å². The van der Waals surface area contributed by atoms with Crippen LogP contribution in [0.15, 0.2) is 84.6 Å². The Labute approximate surface area is 179 Å². The lowest BCUT2D eigenvalue weighted by atomic mass is 10.0. The first kappa shape index (κ1) is 19.9. The second-order valence-corrected chi connectivity index (χ2v) is 7.19. The molecule has 0 saturated heterocycles. The van der Waals surface area contributed by atoms with Gasteiger partial charge in [0.1, 0.15) is 11.6 Å². The molecule has 0 fully saturated rings. The Balaban J connectivity index is 1.58. The topological polar surface area (TPSA) is 85.8 Å². The number of nitriles is 1. The molecule has 0 aliphatic carbocycles. The Bertz CT molecular complexity index is 1360. The van der Waals surface area contributed by atoms with Gasteiger partial charge < -0.3 is 10.3 Å². The number of carbonyl (C=O) groups excluding carboxylic acids is 2. The number of allylic oxidation sites excluding steroid dienone is 1. The van der Waals surface area contributed by atoms with E-state index in [4.69, 9.17) is 0 Å². The highest BCUT2D eigenvalue weighted by Crippen LogP contribution is 2.22. The minimum atomic E-state index is -0.353. The van der Waals surface area contributed by atoms with Crippen LogP contribution in [-0.4, -0.2) is 16.7 Å². The van der Waals surface area contributed by atoms with Crippen molar-refractivity contribution in [1.82, 2.24) is 4.98 Å². The van der Waals surface area contributed by atoms with Gasteiger partial charge in [-0.15, -0.1) is 0 Å². The van der Waals surface area contributed by atoms with Crippen LogP contribution in [0.25, 0.3) is 17.0 Å². The van der Waals surface area contributed by atoms with Gasteiger partial charge in [0, 0.05) is 33.9 Å². The van der Waals surface area contributed by atoms with E-state index in [2.05, 4.69) is 10.3 Å². The van der Waals surface area contributed by atoms with E-state index in [1.54, 1.807) is 42.6 Å². The third-order valence-corrected chi connectivity index (χ3v) is 4.97. The zero-order chi connectivity index (χ0) is 21.8. The van der Waals surface area contributed by atoms with Gasteiger partial charge in [-0.25, -0.2) is 0 Å². The van der Waals surface area contributed by atoms with Crippen LogP contribution in [0.4, 0.5) is 5.69 Å². The Kier molecular flexibility index (Phi) is 5.46. The number of hydrogen-bond acceptors (Lipinski definition) is 3. The van der Waals surface area contributed by atoms with Crippen LogP contribution >= 0.6 is 0 Å². The molecule has 0 radical (unpaired) electrons. The van der Waals surface area contributed by atoms with Gasteiger partial charge in [0.25, 0.3) is 5.91 Å². The summed E-state index contributed by atoms with van der Waals surface area (Å²) in [6.07, 6.45) is 3.15. The van der Waals surface area contributed by atoms with Crippen molar-refractivity contribution in [2.75, 3.05) is 5.32 Å². The van der Waals surface area contributed by atoms with Gasteiger partial charge in [-0.05, 0) is 48.9 Å². The number of fused-ring (bicyclic) bond motifs is 1. The number of anilines is 1. The van der Waals surface area contributed by atoms with E-state index >= 15 is 0 Å². The zero-order valence-corrected chi connectivity index (χ0v) is 16.8. The number of nitrogens with one attached hydrogen (secondary N) is 2. The third kappa shape index (κ3) is 4.29. The number of H-pyrrole nitrogens is 1. The first-order valence-electron chi connectivity index (χ1n) is 9.76. The molecule has 1 aromatic heterocycles. The lowest BCUT2D eigenvalue weighted by molar-refractivity contribution is 0.102. The summed E-state index contributed by atoms with van der Waals surface area (Å²) in [4.78, 5) is 28.5. The number of nitrogens with zero attached hydrogens (tertiary/aromatic N) is 1. The molecule has 5 heteroatoms. The van der Waals surface area contributed by atoms with Gasteiger partial charge in [-0.1, -0.05) is 48.0 Å². The largest absolute Gasteiger partial charge is 0.360 e. The Morgan fingerprint density at radius 2 is 1.77 bits per heavy atom. The minimum absolute atomic E-state index is 0.0202. The van der Waals surface area contributed by atoms with Crippen LogP contribution in [0.5, 0.6) is 0 Å². The van der Waals surface area contributed by atoms with E-state index in [9.17, 15) is 14.9 Å². The summed E-state index contributed by atoms with van der Waals surface area (Å²) < 4.78 is 0. The first-order valence-corrected chi connectivity index (χ1v) is 9.76. The molecule has 4 rings (SSSR count). The van der Waals surface area contributed by atoms with Crippen molar-refractivity contribution in [3.63, 3.8) is 0 Å². The van der Waals surface area contributed by atoms with Crippen LogP contribution < -0.4 is 5.32 Å². The monoisotopic (exact) mass is 405 g/mol. The van der Waals surface area contributed by atoms with E-state index in [-0.39, 0.29) is 17.3 Å². The van der Waals surface area contributed by atoms with E-state index in [0.717, 1.165) is 16.5 Å². The lowest BCUT2D eigenvalue weighted by Gasteiger charge is -2.07. The second kappa shape index (κ2) is 8.52. The number of rotatable bonds is 5. The normalized spacial score (nSPS) is 11.2. The molecule has 0 atom stereocenters. The van der Waals surface area contributed by atoms with Gasteiger partial charge in [-0.2, -0.15) is 5.26 Å². The smallest absolute Gasteiger partial charge is 0.255 e. The van der Waals surface area contributed by atoms with Gasteiger partial charge in [0.15, 0.2) is 0 Å². The molecule has 1 heterocycles. The molecule has 0 spiro atoms. The summed E-state index contributed by atoms with van der Waals surface area (Å²) >= 11 is 0. The van der Waals surface area contributed by atoms with Crippen LogP contribution in [0.3, 0.4) is 0 Å². The molecule has 0 saturated carbocycles. The van der Waals surface area contributed by atoms with Crippen molar-refractivity contribution in [2.24, 2.45) is 0 Å². The van der Waals surface area contributed by atoms with Crippen molar-refractivity contribution < 1.29 is 9.59 Å². The Morgan fingerprint density at radius 1 is 1.00 bits per heavy atom. The molecule has 0 aliphatic rings. The highest BCUT2D eigenvalue weighted by atomic mass is 16.1. The highest BCUT2D eigenvalue weighted by molar-refractivity contribution is 6.19. The molecule has 3 aromatic carbocycles. The maximum absolute atomic E-state index is 13.0. The van der Waals surface area contributed by atoms with Crippen molar-refractivity contribution in [3.8, 4) is 6.07 Å². The number of amides is 1. The summed E-state index contributed by atoms with van der Waals surface area (Å²) in [7, 11) is 0. The van der Waals surface area contributed by atoms with Crippen molar-refractivity contribution in [3.05, 3.63) is 107 Å². The standard InChI is InChI=1S/C26H19N3O2/c1-17-9-11-19(12-10-17)26(31)29-21-6-4-5-18(14-21)13-20(15-27)25(30)23-16-28-24-8-3-2-7-22(23)24/h2-14,16,28H,1H3,(H,29,31)/b20-13+.